The van der Waals surface area contributed by atoms with Gasteiger partial charge in [-0.1, -0.05) is 19.9 Å². The minimum atomic E-state index is -0.561. The summed E-state index contributed by atoms with van der Waals surface area (Å²) in [7, 11) is 0. The second kappa shape index (κ2) is 6.21. The fourth-order valence-electron chi connectivity index (χ4n) is 1.61. The van der Waals surface area contributed by atoms with Crippen molar-refractivity contribution in [3.63, 3.8) is 0 Å². The summed E-state index contributed by atoms with van der Waals surface area (Å²) < 4.78 is 0. The zero-order valence-corrected chi connectivity index (χ0v) is 11.4. The number of hydrogen-bond donors (Lipinski definition) is 2. The van der Waals surface area contributed by atoms with Crippen molar-refractivity contribution in [2.24, 2.45) is 16.8 Å². The quantitative estimate of drug-likeness (QED) is 0.642. The van der Waals surface area contributed by atoms with Gasteiger partial charge in [0.25, 0.3) is 5.91 Å². The SMILES string of the molecule is CC(C)[C@H](N)C(=O)N/N=C\c1ccc2nccnc2c1. The van der Waals surface area contributed by atoms with Crippen LogP contribution in [0.1, 0.15) is 19.4 Å². The van der Waals surface area contributed by atoms with E-state index in [0.29, 0.717) is 0 Å². The van der Waals surface area contributed by atoms with Crippen LogP contribution >= 0.6 is 0 Å². The molecule has 0 radical (unpaired) electrons. The van der Waals surface area contributed by atoms with E-state index in [-0.39, 0.29) is 11.8 Å². The van der Waals surface area contributed by atoms with Crippen molar-refractivity contribution >= 4 is 23.2 Å². The fraction of sp³-hybridized carbons (Fsp3) is 0.286. The molecule has 6 heteroatoms. The molecule has 0 bridgehead atoms. The summed E-state index contributed by atoms with van der Waals surface area (Å²) in [5.41, 5.74) is 10.6. The molecule has 0 saturated heterocycles. The van der Waals surface area contributed by atoms with Crippen molar-refractivity contribution in [1.82, 2.24) is 15.4 Å². The Kier molecular flexibility index (Phi) is 4.37. The number of fused-ring (bicyclic) bond motifs is 1. The molecular formula is C14H17N5O. The molecule has 0 aliphatic carbocycles. The maximum atomic E-state index is 11.6. The molecule has 1 aromatic carbocycles. The molecule has 1 aromatic heterocycles. The van der Waals surface area contributed by atoms with E-state index in [9.17, 15) is 4.79 Å². The minimum absolute atomic E-state index is 0.0705. The average molecular weight is 271 g/mol. The first-order valence-electron chi connectivity index (χ1n) is 6.37. The third kappa shape index (κ3) is 3.36. The summed E-state index contributed by atoms with van der Waals surface area (Å²) in [5.74, 6) is -0.224. The standard InChI is InChI=1S/C14H17N5O/c1-9(2)13(15)14(20)19-18-8-10-3-4-11-12(7-10)17-6-5-16-11/h3-9,13H,15H2,1-2H3,(H,19,20)/b18-8-/t13-/m0/s1. The number of hydrazone groups is 1. The van der Waals surface area contributed by atoms with Crippen LogP contribution in [-0.4, -0.2) is 28.1 Å². The number of amides is 1. The maximum absolute atomic E-state index is 11.6. The number of nitrogens with one attached hydrogen (secondary N) is 1. The highest BCUT2D eigenvalue weighted by Crippen LogP contribution is 2.09. The third-order valence-corrected chi connectivity index (χ3v) is 2.90. The molecule has 0 fully saturated rings. The number of hydrogen-bond acceptors (Lipinski definition) is 5. The highest BCUT2D eigenvalue weighted by molar-refractivity contribution is 5.88. The predicted molar refractivity (Wildman–Crippen MR) is 78.1 cm³/mol. The second-order valence-electron chi connectivity index (χ2n) is 4.81. The molecule has 0 unspecified atom stereocenters. The summed E-state index contributed by atoms with van der Waals surface area (Å²) in [5, 5.41) is 3.90. The zero-order chi connectivity index (χ0) is 14.5. The van der Waals surface area contributed by atoms with Crippen LogP contribution in [0.5, 0.6) is 0 Å². The van der Waals surface area contributed by atoms with E-state index in [1.54, 1.807) is 18.6 Å². The van der Waals surface area contributed by atoms with Crippen molar-refractivity contribution in [3.8, 4) is 0 Å². The van der Waals surface area contributed by atoms with E-state index in [2.05, 4.69) is 20.5 Å². The van der Waals surface area contributed by atoms with Crippen LogP contribution in [0.4, 0.5) is 0 Å². The van der Waals surface area contributed by atoms with Crippen molar-refractivity contribution in [3.05, 3.63) is 36.2 Å². The second-order valence-corrected chi connectivity index (χ2v) is 4.81. The summed E-state index contributed by atoms with van der Waals surface area (Å²) in [6.45, 7) is 3.77. The Bertz CT molecular complexity index is 638. The first-order chi connectivity index (χ1) is 9.58. The molecule has 0 aliphatic heterocycles. The minimum Gasteiger partial charge on any atom is -0.320 e. The van der Waals surface area contributed by atoms with E-state index in [0.717, 1.165) is 16.6 Å². The van der Waals surface area contributed by atoms with Crippen LogP contribution in [0.3, 0.4) is 0 Å². The molecule has 1 amide bonds. The Morgan fingerprint density at radius 1 is 1.30 bits per heavy atom. The zero-order valence-electron chi connectivity index (χ0n) is 11.4. The molecular weight excluding hydrogens is 254 g/mol. The van der Waals surface area contributed by atoms with Crippen molar-refractivity contribution in [1.29, 1.82) is 0 Å². The van der Waals surface area contributed by atoms with E-state index < -0.39 is 6.04 Å². The molecule has 3 N–H and O–H groups in total. The monoisotopic (exact) mass is 271 g/mol. The molecule has 6 nitrogen and oxygen atoms in total. The lowest BCUT2D eigenvalue weighted by atomic mass is 10.1. The van der Waals surface area contributed by atoms with Gasteiger partial charge in [-0.25, -0.2) is 5.43 Å². The molecule has 0 aliphatic rings. The molecule has 2 aromatic rings. The van der Waals surface area contributed by atoms with Crippen LogP contribution in [0.25, 0.3) is 11.0 Å². The van der Waals surface area contributed by atoms with E-state index in [1.807, 2.05) is 32.0 Å². The van der Waals surface area contributed by atoms with Crippen molar-refractivity contribution in [2.75, 3.05) is 0 Å². The van der Waals surface area contributed by atoms with E-state index >= 15 is 0 Å². The van der Waals surface area contributed by atoms with Gasteiger partial charge in [-0.2, -0.15) is 5.10 Å². The Hall–Kier alpha value is -2.34. The smallest absolute Gasteiger partial charge is 0.257 e. The Morgan fingerprint density at radius 2 is 2.00 bits per heavy atom. The highest BCUT2D eigenvalue weighted by atomic mass is 16.2. The maximum Gasteiger partial charge on any atom is 0.257 e. The fourth-order valence-corrected chi connectivity index (χ4v) is 1.61. The lowest BCUT2D eigenvalue weighted by Gasteiger charge is -2.12. The van der Waals surface area contributed by atoms with Gasteiger partial charge in [0.15, 0.2) is 0 Å². The molecule has 104 valence electrons. The molecule has 20 heavy (non-hydrogen) atoms. The van der Waals surface area contributed by atoms with Gasteiger partial charge >= 0.3 is 0 Å². The normalized spacial score (nSPS) is 13.0. The first-order valence-corrected chi connectivity index (χ1v) is 6.37. The van der Waals surface area contributed by atoms with Crippen molar-refractivity contribution in [2.45, 2.75) is 19.9 Å². The molecule has 0 saturated carbocycles. The van der Waals surface area contributed by atoms with Gasteiger partial charge < -0.3 is 5.73 Å². The topological polar surface area (TPSA) is 93.3 Å². The van der Waals surface area contributed by atoms with E-state index in [4.69, 9.17) is 5.73 Å². The molecule has 2 rings (SSSR count). The average Bonchev–Trinajstić information content (AvgIpc) is 2.46. The van der Waals surface area contributed by atoms with Gasteiger partial charge in [-0.15, -0.1) is 0 Å². The molecule has 1 atom stereocenters. The van der Waals surface area contributed by atoms with Crippen molar-refractivity contribution < 1.29 is 4.79 Å². The van der Waals surface area contributed by atoms with Gasteiger partial charge in [-0.3, -0.25) is 14.8 Å². The molecule has 1 heterocycles. The first kappa shape index (κ1) is 14.1. The number of nitrogens with two attached hydrogens (primary N) is 1. The van der Waals surface area contributed by atoms with Gasteiger partial charge in [0, 0.05) is 12.4 Å². The molecule has 0 spiro atoms. The largest absolute Gasteiger partial charge is 0.320 e. The summed E-state index contributed by atoms with van der Waals surface area (Å²) >= 11 is 0. The summed E-state index contributed by atoms with van der Waals surface area (Å²) in [4.78, 5) is 20.0. The van der Waals surface area contributed by atoms with Gasteiger partial charge in [-0.05, 0) is 23.6 Å². The number of nitrogens with zero attached hydrogens (tertiary/aromatic N) is 3. The summed E-state index contributed by atoms with van der Waals surface area (Å²) in [6, 6.07) is 5.00. The third-order valence-electron chi connectivity index (χ3n) is 2.90. The number of benzene rings is 1. The van der Waals surface area contributed by atoms with E-state index in [1.165, 1.54) is 0 Å². The lowest BCUT2D eigenvalue weighted by molar-refractivity contribution is -0.123. The highest BCUT2D eigenvalue weighted by Gasteiger charge is 2.15. The number of carbonyl (C=O) groups is 1. The van der Waals surface area contributed by atoms with Crippen LogP contribution in [0.2, 0.25) is 0 Å². The Labute approximate surface area is 117 Å². The van der Waals surface area contributed by atoms with Crippen LogP contribution in [0.15, 0.2) is 35.7 Å². The van der Waals surface area contributed by atoms with Gasteiger partial charge in [0.2, 0.25) is 0 Å². The Balaban J connectivity index is 2.04. The Morgan fingerprint density at radius 3 is 2.70 bits per heavy atom. The number of carbonyl (C=O) groups excluding carboxylic acids is 1. The van der Waals surface area contributed by atoms with Gasteiger partial charge in [0.05, 0.1) is 23.3 Å². The van der Waals surface area contributed by atoms with Gasteiger partial charge in [0.1, 0.15) is 0 Å². The van der Waals surface area contributed by atoms with Crippen LogP contribution in [0, 0.1) is 5.92 Å². The predicted octanol–water partition coefficient (Wildman–Crippen LogP) is 1.06. The number of rotatable bonds is 4. The lowest BCUT2D eigenvalue weighted by Crippen LogP contribution is -2.42. The van der Waals surface area contributed by atoms with Crippen LogP contribution in [-0.2, 0) is 4.79 Å². The van der Waals surface area contributed by atoms with Crippen LogP contribution < -0.4 is 11.2 Å². The number of aromatic nitrogens is 2. The summed E-state index contributed by atoms with van der Waals surface area (Å²) in [6.07, 6.45) is 4.83.